The molecule has 13 heteroatoms. The lowest BCUT2D eigenvalue weighted by Gasteiger charge is -2.47. The number of likely N-dealkylation sites (tertiary alicyclic amines) is 1. The predicted molar refractivity (Wildman–Crippen MR) is 215 cm³/mol. The summed E-state index contributed by atoms with van der Waals surface area (Å²) in [5, 5.41) is 33.8. The van der Waals surface area contributed by atoms with Crippen molar-refractivity contribution in [3.8, 4) is 0 Å². The number of nitrogens with zero attached hydrogens (tertiary/aromatic N) is 1. The molecule has 0 bridgehead atoms. The second kappa shape index (κ2) is 23.1. The molecule has 1 saturated carbocycles. The zero-order valence-electron chi connectivity index (χ0n) is 36.7. The van der Waals surface area contributed by atoms with E-state index >= 15 is 0 Å². The van der Waals surface area contributed by atoms with Crippen molar-refractivity contribution in [1.29, 1.82) is 0 Å². The fraction of sp³-hybridized carbons (Fsp3) is 0.909. The van der Waals surface area contributed by atoms with Gasteiger partial charge in [0.25, 0.3) is 11.7 Å². The number of amides is 1. The molecule has 2 aliphatic heterocycles. The quantitative estimate of drug-likeness (QED) is 0.0937. The number of hydrogen-bond acceptors (Lipinski definition) is 12. The standard InChI is InChI=1S/C44H77NO12/c1-11-15-26(3)21-37(54-9)40-38(55-10)23-29(6)44(52,57-40)41(49)42(50)45-20-14-13-17-32(45)43(51)56-39(30(7)35(48)25-34(47)27(4)16-12-2)28(5)22-31-18-19-33(46)36(24-31)53-8/h26-33,35-40,46,48,52H,11-25H2,1-10H3/t26?,27?,28?,29-,30?,31+,32?,33-,35?,36-,37?,38+,39?,40-,44-/m1/s1. The van der Waals surface area contributed by atoms with Crippen LogP contribution in [0.5, 0.6) is 0 Å². The Morgan fingerprint density at radius 2 is 1.58 bits per heavy atom. The fourth-order valence-electron chi connectivity index (χ4n) is 9.62. The molecule has 13 nitrogen and oxygen atoms in total. The van der Waals surface area contributed by atoms with Crippen molar-refractivity contribution in [2.75, 3.05) is 27.9 Å². The van der Waals surface area contributed by atoms with Crippen LogP contribution in [0.4, 0.5) is 0 Å². The summed E-state index contributed by atoms with van der Waals surface area (Å²) >= 11 is 0. The van der Waals surface area contributed by atoms with Crippen molar-refractivity contribution in [2.45, 2.75) is 193 Å². The lowest BCUT2D eigenvalue weighted by molar-refractivity contribution is -0.302. The highest BCUT2D eigenvalue weighted by Crippen LogP contribution is 2.39. The number of carbonyl (C=O) groups excluding carboxylic acids is 4. The van der Waals surface area contributed by atoms with Gasteiger partial charge in [-0.15, -0.1) is 0 Å². The summed E-state index contributed by atoms with van der Waals surface area (Å²) in [5.41, 5.74) is 0. The summed E-state index contributed by atoms with van der Waals surface area (Å²) in [6, 6.07) is -1.10. The number of ketones is 2. The van der Waals surface area contributed by atoms with Crippen LogP contribution < -0.4 is 0 Å². The molecule has 8 unspecified atom stereocenters. The number of ether oxygens (including phenoxy) is 5. The average molecular weight is 812 g/mol. The highest BCUT2D eigenvalue weighted by Gasteiger charge is 2.56. The van der Waals surface area contributed by atoms with Crippen molar-refractivity contribution in [3.63, 3.8) is 0 Å². The number of aliphatic hydroxyl groups excluding tert-OH is 2. The highest BCUT2D eigenvalue weighted by molar-refractivity contribution is 6.39. The maximum atomic E-state index is 14.3. The van der Waals surface area contributed by atoms with Crippen LogP contribution in [0.3, 0.4) is 0 Å². The first-order chi connectivity index (χ1) is 27.0. The van der Waals surface area contributed by atoms with Gasteiger partial charge in [0.2, 0.25) is 5.79 Å². The highest BCUT2D eigenvalue weighted by atomic mass is 16.7. The van der Waals surface area contributed by atoms with Crippen LogP contribution >= 0.6 is 0 Å². The molecule has 330 valence electrons. The molecule has 15 atom stereocenters. The molecule has 1 amide bonds. The third-order valence-electron chi connectivity index (χ3n) is 13.4. The van der Waals surface area contributed by atoms with Crippen LogP contribution in [-0.2, 0) is 42.9 Å². The zero-order chi connectivity index (χ0) is 42.6. The van der Waals surface area contributed by atoms with Crippen LogP contribution in [0, 0.1) is 35.5 Å². The minimum Gasteiger partial charge on any atom is -0.460 e. The normalized spacial score (nSPS) is 32.0. The first-order valence-electron chi connectivity index (χ1n) is 21.9. The monoisotopic (exact) mass is 812 g/mol. The summed E-state index contributed by atoms with van der Waals surface area (Å²) in [4.78, 5) is 57.0. The first-order valence-corrected chi connectivity index (χ1v) is 21.9. The lowest BCUT2D eigenvalue weighted by Crippen LogP contribution is -2.64. The summed E-state index contributed by atoms with van der Waals surface area (Å²) in [6.45, 7) is 13.6. The molecule has 3 fully saturated rings. The Balaban J connectivity index is 1.87. The molecule has 0 aromatic rings. The summed E-state index contributed by atoms with van der Waals surface area (Å²) in [6.07, 6.45) is 3.76. The molecule has 1 aliphatic carbocycles. The van der Waals surface area contributed by atoms with E-state index in [9.17, 15) is 34.5 Å². The van der Waals surface area contributed by atoms with Crippen molar-refractivity contribution < 1.29 is 58.2 Å². The Kier molecular flexibility index (Phi) is 20.0. The molecule has 0 aromatic carbocycles. The van der Waals surface area contributed by atoms with Gasteiger partial charge >= 0.3 is 5.97 Å². The minimum absolute atomic E-state index is 0.0517. The van der Waals surface area contributed by atoms with Crippen molar-refractivity contribution in [3.05, 3.63) is 0 Å². The van der Waals surface area contributed by atoms with Crippen molar-refractivity contribution >= 4 is 23.4 Å². The van der Waals surface area contributed by atoms with E-state index in [0.29, 0.717) is 44.9 Å². The number of Topliss-reactive ketones (excluding diaryl/α,β-unsaturated/α-hetero) is 2. The Morgan fingerprint density at radius 1 is 0.912 bits per heavy atom. The van der Waals surface area contributed by atoms with E-state index in [4.69, 9.17) is 23.7 Å². The Hall–Kier alpha value is -2.00. The second-order valence-corrected chi connectivity index (χ2v) is 17.9. The van der Waals surface area contributed by atoms with Crippen LogP contribution in [0.25, 0.3) is 0 Å². The third-order valence-corrected chi connectivity index (χ3v) is 13.4. The Morgan fingerprint density at radius 3 is 2.19 bits per heavy atom. The first kappa shape index (κ1) is 49.4. The molecular weight excluding hydrogens is 734 g/mol. The van der Waals surface area contributed by atoms with Gasteiger partial charge in [-0.2, -0.15) is 0 Å². The number of carbonyl (C=O) groups is 4. The lowest BCUT2D eigenvalue weighted by atomic mass is 9.76. The van der Waals surface area contributed by atoms with Gasteiger partial charge in [0, 0.05) is 52.0 Å². The Labute approximate surface area is 342 Å². The van der Waals surface area contributed by atoms with Crippen LogP contribution in [0.15, 0.2) is 0 Å². The number of esters is 1. The largest absolute Gasteiger partial charge is 0.460 e. The molecule has 3 rings (SSSR count). The van der Waals surface area contributed by atoms with Crippen LogP contribution in [0.1, 0.15) is 138 Å². The van der Waals surface area contributed by atoms with E-state index in [-0.39, 0.29) is 61.4 Å². The molecule has 2 heterocycles. The third kappa shape index (κ3) is 12.8. The van der Waals surface area contributed by atoms with Gasteiger partial charge < -0.3 is 43.9 Å². The summed E-state index contributed by atoms with van der Waals surface area (Å²) < 4.78 is 29.7. The minimum atomic E-state index is -2.47. The average Bonchev–Trinajstić information content (AvgIpc) is 3.19. The van der Waals surface area contributed by atoms with Gasteiger partial charge in [-0.25, -0.2) is 4.79 Å². The van der Waals surface area contributed by atoms with E-state index in [1.54, 1.807) is 35.2 Å². The Bertz CT molecular complexity index is 1280. The van der Waals surface area contributed by atoms with Crippen molar-refractivity contribution in [1.82, 2.24) is 4.90 Å². The number of piperidine rings is 1. The van der Waals surface area contributed by atoms with Gasteiger partial charge in [-0.05, 0) is 82.0 Å². The van der Waals surface area contributed by atoms with Gasteiger partial charge in [-0.3, -0.25) is 14.4 Å². The van der Waals surface area contributed by atoms with E-state index in [0.717, 1.165) is 25.7 Å². The van der Waals surface area contributed by atoms with Crippen LogP contribution in [0.2, 0.25) is 0 Å². The number of rotatable bonds is 22. The van der Waals surface area contributed by atoms with E-state index in [2.05, 4.69) is 13.8 Å². The topological polar surface area (TPSA) is 178 Å². The maximum Gasteiger partial charge on any atom is 0.329 e. The van der Waals surface area contributed by atoms with Crippen LogP contribution in [-0.4, -0.2) is 126 Å². The molecule has 57 heavy (non-hydrogen) atoms. The van der Waals surface area contributed by atoms with E-state index < -0.39 is 77.9 Å². The number of aliphatic hydroxyl groups is 3. The molecule has 2 saturated heterocycles. The number of hydrogen-bond donors (Lipinski definition) is 3. The zero-order valence-corrected chi connectivity index (χ0v) is 36.7. The number of methoxy groups -OCH3 is 3. The summed E-state index contributed by atoms with van der Waals surface area (Å²) in [7, 11) is 4.69. The molecule has 0 spiro atoms. The molecule has 3 N–H and O–H groups in total. The molecule has 3 aliphatic rings. The second-order valence-electron chi connectivity index (χ2n) is 17.9. The van der Waals surface area contributed by atoms with E-state index in [1.165, 1.54) is 4.90 Å². The molecular formula is C44H77NO12. The predicted octanol–water partition coefficient (Wildman–Crippen LogP) is 5.41. The van der Waals surface area contributed by atoms with Gasteiger partial charge in [0.15, 0.2) is 0 Å². The van der Waals surface area contributed by atoms with Gasteiger partial charge in [0.05, 0.1) is 30.5 Å². The fourth-order valence-corrected chi connectivity index (χ4v) is 9.62. The van der Waals surface area contributed by atoms with Gasteiger partial charge in [-0.1, -0.05) is 67.7 Å². The molecule has 0 radical (unpaired) electrons. The van der Waals surface area contributed by atoms with E-state index in [1.807, 2.05) is 20.8 Å². The van der Waals surface area contributed by atoms with Gasteiger partial charge in [0.1, 0.15) is 24.0 Å². The summed E-state index contributed by atoms with van der Waals surface area (Å²) in [5.74, 6) is -6.83. The van der Waals surface area contributed by atoms with Crippen molar-refractivity contribution in [2.24, 2.45) is 35.5 Å². The molecule has 0 aromatic heterocycles. The smallest absolute Gasteiger partial charge is 0.329 e. The SMILES string of the molecule is CCCC(C)CC(OC)[C@H]1O[C@@](O)(C(=O)C(=O)N2CCCCC2C(=O)OC(C(C)C[C@@H]2CC[C@@H](O)[C@H](OC)C2)C(C)C(O)CC(=O)C(C)CCC)[C@H](C)C[C@@H]1OC. The maximum absolute atomic E-state index is 14.3.